The smallest absolute Gasteiger partial charge is 0.0991 e. The predicted molar refractivity (Wildman–Crippen MR) is 70.4 cm³/mol. The van der Waals surface area contributed by atoms with Crippen LogP contribution in [0.1, 0.15) is 11.1 Å². The molecule has 17 heavy (non-hydrogen) atoms. The summed E-state index contributed by atoms with van der Waals surface area (Å²) in [6.07, 6.45) is 0. The third kappa shape index (κ3) is 2.46. The summed E-state index contributed by atoms with van der Waals surface area (Å²) in [5, 5.41) is 8.75. The highest BCUT2D eigenvalue weighted by Gasteiger charge is 2.03. The van der Waals surface area contributed by atoms with Crippen molar-refractivity contribution in [3.63, 3.8) is 0 Å². The second-order valence-corrected chi connectivity index (χ2v) is 4.05. The largest absolute Gasteiger partial charge is 0.345 e. The molecule has 0 amide bonds. The maximum absolute atomic E-state index is 8.75. The summed E-state index contributed by atoms with van der Waals surface area (Å²) < 4.78 is 0. The predicted octanol–water partition coefficient (Wildman–Crippen LogP) is 3.63. The summed E-state index contributed by atoms with van der Waals surface area (Å²) in [6.45, 7) is 2.07. The van der Waals surface area contributed by atoms with Crippen molar-refractivity contribution in [2.75, 3.05) is 11.9 Å². The molecule has 0 heterocycles. The minimum atomic E-state index is 0.686. The zero-order chi connectivity index (χ0) is 12.3. The summed E-state index contributed by atoms with van der Waals surface area (Å²) in [5.41, 5.74) is 4.15. The van der Waals surface area contributed by atoms with Gasteiger partial charge in [0.15, 0.2) is 0 Å². The molecule has 0 N–H and O–H groups in total. The number of benzene rings is 2. The summed E-state index contributed by atoms with van der Waals surface area (Å²) in [5.74, 6) is 0. The Hall–Kier alpha value is -2.27. The number of aryl methyl sites for hydroxylation is 1. The molecule has 0 saturated carbocycles. The first-order chi connectivity index (χ1) is 8.20. The van der Waals surface area contributed by atoms with Crippen LogP contribution in [0.25, 0.3) is 0 Å². The van der Waals surface area contributed by atoms with E-state index >= 15 is 0 Å². The molecule has 0 aliphatic rings. The lowest BCUT2D eigenvalue weighted by atomic mass is 10.2. The number of anilines is 2. The van der Waals surface area contributed by atoms with Crippen molar-refractivity contribution in [3.05, 3.63) is 59.7 Å². The van der Waals surface area contributed by atoms with E-state index in [4.69, 9.17) is 5.26 Å². The SMILES string of the molecule is Cc1ccc(N(C)c2ccc(C#N)cc2)cc1. The minimum absolute atomic E-state index is 0.686. The zero-order valence-corrected chi connectivity index (χ0v) is 10.0. The molecule has 84 valence electrons. The van der Waals surface area contributed by atoms with Crippen LogP contribution in [0.2, 0.25) is 0 Å². The third-order valence-corrected chi connectivity index (χ3v) is 2.80. The Kier molecular flexibility index (Phi) is 3.11. The van der Waals surface area contributed by atoms with E-state index in [0.717, 1.165) is 11.4 Å². The normalized spacial score (nSPS) is 9.71. The van der Waals surface area contributed by atoms with E-state index < -0.39 is 0 Å². The molecule has 0 spiro atoms. The molecule has 0 bridgehead atoms. The average Bonchev–Trinajstić information content (AvgIpc) is 2.39. The first-order valence-corrected chi connectivity index (χ1v) is 5.51. The lowest BCUT2D eigenvalue weighted by Gasteiger charge is -2.19. The lowest BCUT2D eigenvalue weighted by molar-refractivity contribution is 1.20. The van der Waals surface area contributed by atoms with Gasteiger partial charge in [-0.3, -0.25) is 0 Å². The van der Waals surface area contributed by atoms with Crippen LogP contribution in [0, 0.1) is 18.3 Å². The van der Waals surface area contributed by atoms with Crippen LogP contribution in [0.3, 0.4) is 0 Å². The first-order valence-electron chi connectivity index (χ1n) is 5.51. The summed E-state index contributed by atoms with van der Waals surface area (Å²) >= 11 is 0. The molecule has 0 unspecified atom stereocenters. The van der Waals surface area contributed by atoms with Gasteiger partial charge in [0.1, 0.15) is 0 Å². The van der Waals surface area contributed by atoms with Crippen LogP contribution in [-0.4, -0.2) is 7.05 Å². The van der Waals surface area contributed by atoms with Crippen LogP contribution < -0.4 is 4.90 Å². The second kappa shape index (κ2) is 4.71. The van der Waals surface area contributed by atoms with Crippen molar-refractivity contribution in [1.29, 1.82) is 5.26 Å². The molecule has 0 saturated heterocycles. The molecule has 0 atom stereocenters. The summed E-state index contributed by atoms with van der Waals surface area (Å²) in [6, 6.07) is 18.1. The monoisotopic (exact) mass is 222 g/mol. The molecule has 0 radical (unpaired) electrons. The molecule has 2 aromatic rings. The van der Waals surface area contributed by atoms with Gasteiger partial charge in [0.2, 0.25) is 0 Å². The van der Waals surface area contributed by atoms with E-state index in [0.29, 0.717) is 5.56 Å². The molecule has 0 aliphatic heterocycles. The Bertz CT molecular complexity index is 533. The van der Waals surface area contributed by atoms with Crippen LogP contribution in [-0.2, 0) is 0 Å². The van der Waals surface area contributed by atoms with Crippen LogP contribution in [0.5, 0.6) is 0 Å². The van der Waals surface area contributed by atoms with Crippen molar-refractivity contribution >= 4 is 11.4 Å². The first kappa shape index (κ1) is 11.2. The molecule has 0 aliphatic carbocycles. The molecular formula is C15H14N2. The van der Waals surface area contributed by atoms with Gasteiger partial charge in [0.05, 0.1) is 11.6 Å². The Morgan fingerprint density at radius 3 is 1.82 bits per heavy atom. The maximum Gasteiger partial charge on any atom is 0.0991 e. The topological polar surface area (TPSA) is 27.0 Å². The van der Waals surface area contributed by atoms with Crippen molar-refractivity contribution in [3.8, 4) is 6.07 Å². The molecule has 2 nitrogen and oxygen atoms in total. The minimum Gasteiger partial charge on any atom is -0.345 e. The van der Waals surface area contributed by atoms with Crippen LogP contribution in [0.15, 0.2) is 48.5 Å². The van der Waals surface area contributed by atoms with Crippen molar-refractivity contribution in [2.24, 2.45) is 0 Å². The molecule has 2 aromatic carbocycles. The van der Waals surface area contributed by atoms with E-state index in [-0.39, 0.29) is 0 Å². The van der Waals surface area contributed by atoms with Gasteiger partial charge in [-0.15, -0.1) is 0 Å². The Labute approximate surface area is 102 Å². The Morgan fingerprint density at radius 1 is 0.882 bits per heavy atom. The van der Waals surface area contributed by atoms with Gasteiger partial charge in [-0.25, -0.2) is 0 Å². The fourth-order valence-corrected chi connectivity index (χ4v) is 1.68. The molecule has 0 fully saturated rings. The van der Waals surface area contributed by atoms with E-state index in [1.807, 2.05) is 31.3 Å². The van der Waals surface area contributed by atoms with Gasteiger partial charge in [0, 0.05) is 18.4 Å². The van der Waals surface area contributed by atoms with Gasteiger partial charge >= 0.3 is 0 Å². The van der Waals surface area contributed by atoms with Gasteiger partial charge in [0.25, 0.3) is 0 Å². The number of nitrogens with zero attached hydrogens (tertiary/aromatic N) is 2. The highest BCUT2D eigenvalue weighted by atomic mass is 15.1. The lowest BCUT2D eigenvalue weighted by Crippen LogP contribution is -2.08. The van der Waals surface area contributed by atoms with Gasteiger partial charge in [-0.05, 0) is 43.3 Å². The number of rotatable bonds is 2. The molecule has 2 heteroatoms. The van der Waals surface area contributed by atoms with Gasteiger partial charge < -0.3 is 4.90 Å². The molecular weight excluding hydrogens is 208 g/mol. The molecule has 2 rings (SSSR count). The number of hydrogen-bond donors (Lipinski definition) is 0. The second-order valence-electron chi connectivity index (χ2n) is 4.05. The zero-order valence-electron chi connectivity index (χ0n) is 10.0. The van der Waals surface area contributed by atoms with Crippen LogP contribution in [0.4, 0.5) is 11.4 Å². The Morgan fingerprint density at radius 2 is 1.35 bits per heavy atom. The quantitative estimate of drug-likeness (QED) is 0.775. The number of nitriles is 1. The van der Waals surface area contributed by atoms with E-state index in [9.17, 15) is 0 Å². The average molecular weight is 222 g/mol. The highest BCUT2D eigenvalue weighted by molar-refractivity contribution is 5.63. The van der Waals surface area contributed by atoms with Crippen molar-refractivity contribution < 1.29 is 0 Å². The van der Waals surface area contributed by atoms with Crippen LogP contribution >= 0.6 is 0 Å². The standard InChI is InChI=1S/C15H14N2/c1-12-3-7-14(8-4-12)17(2)15-9-5-13(11-16)6-10-15/h3-10H,1-2H3. The van der Waals surface area contributed by atoms with Gasteiger partial charge in [-0.1, -0.05) is 17.7 Å². The fraction of sp³-hybridized carbons (Fsp3) is 0.133. The third-order valence-electron chi connectivity index (χ3n) is 2.80. The van der Waals surface area contributed by atoms with Gasteiger partial charge in [-0.2, -0.15) is 5.26 Å². The Balaban J connectivity index is 2.27. The number of hydrogen-bond acceptors (Lipinski definition) is 2. The summed E-state index contributed by atoms with van der Waals surface area (Å²) in [4.78, 5) is 2.10. The van der Waals surface area contributed by atoms with Crippen molar-refractivity contribution in [1.82, 2.24) is 0 Å². The fourth-order valence-electron chi connectivity index (χ4n) is 1.68. The highest BCUT2D eigenvalue weighted by Crippen LogP contribution is 2.23. The maximum atomic E-state index is 8.75. The summed E-state index contributed by atoms with van der Waals surface area (Å²) in [7, 11) is 2.02. The van der Waals surface area contributed by atoms with E-state index in [1.165, 1.54) is 5.56 Å². The van der Waals surface area contributed by atoms with E-state index in [2.05, 4.69) is 42.2 Å². The molecule has 0 aromatic heterocycles. The van der Waals surface area contributed by atoms with Crippen molar-refractivity contribution in [2.45, 2.75) is 6.92 Å². The van der Waals surface area contributed by atoms with E-state index in [1.54, 1.807) is 0 Å².